The first-order valence-corrected chi connectivity index (χ1v) is 18.1. The highest BCUT2D eigenvalue weighted by Gasteiger charge is 2.32. The smallest absolute Gasteiger partial charge is 0.303 e. The molecule has 18 heteroatoms. The van der Waals surface area contributed by atoms with Gasteiger partial charge in [-0.25, -0.2) is 0 Å². The van der Waals surface area contributed by atoms with Crippen molar-refractivity contribution in [2.24, 2.45) is 27.9 Å². The molecule has 54 heavy (non-hydrogen) atoms. The Bertz CT molecular complexity index is 1560. The summed E-state index contributed by atoms with van der Waals surface area (Å²) < 4.78 is 0. The standard InChI is InChI=1S/C36H52ClN9O8/c37-21-30(48)26(10-6-18-42-36(40)41)43-33(52)27(9-4-5-17-38)45-35(54)29(20-22-7-2-1-3-8-22)46-34(53)28(15-16-31(49)50)44-32(51)25(39)19-23-11-13-24(47)14-12-23/h1-3,7-8,11-14,25-29,47H,4-6,9-10,15-21,38-39H2,(H,43,52)(H,44,51)(H,45,54)(H,46,53)(H,49,50)(H4,40,41,42)/t25-,26+,27+,28+,29+/m1/s1. The Morgan fingerprint density at radius 1 is 0.685 bits per heavy atom. The van der Waals surface area contributed by atoms with Crippen LogP contribution in [0.1, 0.15) is 56.1 Å². The number of nitrogens with zero attached hydrogens (tertiary/aromatic N) is 1. The van der Waals surface area contributed by atoms with Gasteiger partial charge in [-0.05, 0) is 74.8 Å². The van der Waals surface area contributed by atoms with E-state index in [-0.39, 0.29) is 56.2 Å². The van der Waals surface area contributed by atoms with Gasteiger partial charge >= 0.3 is 5.97 Å². The van der Waals surface area contributed by atoms with Crippen LogP contribution in [0.15, 0.2) is 59.6 Å². The van der Waals surface area contributed by atoms with E-state index in [4.69, 9.17) is 34.5 Å². The normalized spacial score (nSPS) is 13.6. The molecule has 0 aliphatic heterocycles. The first-order valence-electron chi connectivity index (χ1n) is 17.6. The third-order valence-corrected chi connectivity index (χ3v) is 8.55. The number of aliphatic carboxylic acids is 1. The lowest BCUT2D eigenvalue weighted by atomic mass is 10.0. The summed E-state index contributed by atoms with van der Waals surface area (Å²) in [6, 6.07) is 8.78. The van der Waals surface area contributed by atoms with Crippen LogP contribution in [0, 0.1) is 0 Å². The number of halogens is 1. The molecule has 2 rings (SSSR count). The minimum atomic E-state index is -1.39. The number of guanidine groups is 1. The van der Waals surface area contributed by atoms with Gasteiger partial charge in [0.2, 0.25) is 23.6 Å². The van der Waals surface area contributed by atoms with Crippen LogP contribution in [-0.2, 0) is 41.6 Å². The van der Waals surface area contributed by atoms with E-state index in [9.17, 15) is 39.0 Å². The number of benzene rings is 2. The topological polar surface area (TPSA) is 307 Å². The van der Waals surface area contributed by atoms with Gasteiger partial charge in [0, 0.05) is 19.4 Å². The van der Waals surface area contributed by atoms with E-state index in [2.05, 4.69) is 26.3 Å². The fourth-order valence-corrected chi connectivity index (χ4v) is 5.53. The van der Waals surface area contributed by atoms with Gasteiger partial charge < -0.3 is 54.4 Å². The molecule has 2 aromatic carbocycles. The number of amides is 4. The molecular weight excluding hydrogens is 722 g/mol. The Labute approximate surface area is 319 Å². The quantitative estimate of drug-likeness (QED) is 0.0259. The molecule has 4 amide bonds. The lowest BCUT2D eigenvalue weighted by molar-refractivity contribution is -0.138. The van der Waals surface area contributed by atoms with Crippen molar-refractivity contribution >= 4 is 52.9 Å². The highest BCUT2D eigenvalue weighted by atomic mass is 35.5. The number of nitrogens with two attached hydrogens (primary N) is 4. The predicted octanol–water partition coefficient (Wildman–Crippen LogP) is -0.701. The van der Waals surface area contributed by atoms with Crippen LogP contribution in [-0.4, -0.2) is 101 Å². The lowest BCUT2D eigenvalue weighted by Gasteiger charge is -2.27. The van der Waals surface area contributed by atoms with Crippen LogP contribution in [0.5, 0.6) is 5.75 Å². The number of Topliss-reactive ketones (excluding diaryl/α,β-unsaturated/α-hetero) is 1. The van der Waals surface area contributed by atoms with Crippen LogP contribution in [0.2, 0.25) is 0 Å². The van der Waals surface area contributed by atoms with Gasteiger partial charge in [0.25, 0.3) is 0 Å². The van der Waals surface area contributed by atoms with Gasteiger partial charge in [0.15, 0.2) is 11.7 Å². The molecule has 2 aromatic rings. The summed E-state index contributed by atoms with van der Waals surface area (Å²) in [5.41, 5.74) is 23.8. The number of hydrogen-bond acceptors (Lipinski definition) is 10. The number of alkyl halides is 1. The Hall–Kier alpha value is -5.26. The molecule has 0 spiro atoms. The SMILES string of the molecule is NCCCC[C@H](NC(=O)[C@H](Cc1ccccc1)NC(=O)[C@H](CCC(=O)O)NC(=O)[C@H](N)Cc1ccc(O)cc1)C(=O)N[C@@H](CCCN=C(N)N)C(=O)CCl. The molecule has 17 nitrogen and oxygen atoms in total. The number of hydrogen-bond donors (Lipinski definition) is 10. The number of nitrogens with one attached hydrogen (secondary N) is 4. The molecule has 0 heterocycles. The number of phenols is 1. The second kappa shape index (κ2) is 24.1. The minimum absolute atomic E-state index is 0.0281. The predicted molar refractivity (Wildman–Crippen MR) is 203 cm³/mol. The van der Waals surface area contributed by atoms with E-state index in [0.717, 1.165) is 0 Å². The van der Waals surface area contributed by atoms with E-state index in [0.29, 0.717) is 36.9 Å². The third kappa shape index (κ3) is 17.0. The number of rotatable bonds is 25. The van der Waals surface area contributed by atoms with E-state index < -0.39 is 72.0 Å². The Balaban J connectivity index is 2.32. The second-order valence-electron chi connectivity index (χ2n) is 12.7. The van der Waals surface area contributed by atoms with E-state index in [1.54, 1.807) is 42.5 Å². The molecule has 0 saturated carbocycles. The zero-order valence-corrected chi connectivity index (χ0v) is 30.8. The van der Waals surface area contributed by atoms with Crippen molar-refractivity contribution < 1.29 is 39.0 Å². The van der Waals surface area contributed by atoms with Crippen molar-refractivity contribution in [1.82, 2.24) is 21.3 Å². The highest BCUT2D eigenvalue weighted by molar-refractivity contribution is 6.28. The number of unbranched alkanes of at least 4 members (excludes halogenated alkanes) is 1. The van der Waals surface area contributed by atoms with Crippen LogP contribution in [0.25, 0.3) is 0 Å². The number of carboxylic acid groups (broad SMARTS) is 1. The van der Waals surface area contributed by atoms with Crippen molar-refractivity contribution in [3.8, 4) is 5.75 Å². The first-order chi connectivity index (χ1) is 25.7. The fraction of sp³-hybridized carbons (Fsp3) is 0.472. The van der Waals surface area contributed by atoms with Gasteiger partial charge in [0.05, 0.1) is 18.0 Å². The maximum absolute atomic E-state index is 14.0. The Morgan fingerprint density at radius 2 is 1.22 bits per heavy atom. The number of aromatic hydroxyl groups is 1. The van der Waals surface area contributed by atoms with Crippen molar-refractivity contribution in [3.05, 3.63) is 65.7 Å². The molecule has 0 fully saturated rings. The second-order valence-corrected chi connectivity index (χ2v) is 12.9. The zero-order chi connectivity index (χ0) is 40.0. The molecule has 0 aromatic heterocycles. The van der Waals surface area contributed by atoms with Gasteiger partial charge in [0.1, 0.15) is 23.9 Å². The van der Waals surface area contributed by atoms with Crippen LogP contribution < -0.4 is 44.2 Å². The van der Waals surface area contributed by atoms with Gasteiger partial charge in [-0.3, -0.25) is 33.8 Å². The average molecular weight is 774 g/mol. The number of carboxylic acids is 1. The highest BCUT2D eigenvalue weighted by Crippen LogP contribution is 2.12. The van der Waals surface area contributed by atoms with E-state index >= 15 is 0 Å². The summed E-state index contributed by atoms with van der Waals surface area (Å²) in [4.78, 5) is 82.4. The summed E-state index contributed by atoms with van der Waals surface area (Å²) in [7, 11) is 0. The Kier molecular flexibility index (Phi) is 20.1. The lowest BCUT2D eigenvalue weighted by Crippen LogP contribution is -2.59. The molecule has 0 bridgehead atoms. The van der Waals surface area contributed by atoms with Crippen LogP contribution >= 0.6 is 11.6 Å². The van der Waals surface area contributed by atoms with E-state index in [1.165, 1.54) is 12.1 Å². The van der Waals surface area contributed by atoms with Crippen molar-refractivity contribution in [2.75, 3.05) is 19.0 Å². The molecule has 0 aliphatic carbocycles. The minimum Gasteiger partial charge on any atom is -0.508 e. The van der Waals surface area contributed by atoms with E-state index in [1.807, 2.05) is 0 Å². The number of aliphatic imine (C=N–C) groups is 1. The molecular formula is C36H52ClN9O8. The number of ketones is 1. The summed E-state index contributed by atoms with van der Waals surface area (Å²) in [6.45, 7) is 0.537. The molecule has 296 valence electrons. The van der Waals surface area contributed by atoms with Crippen molar-refractivity contribution in [3.63, 3.8) is 0 Å². The van der Waals surface area contributed by atoms with Gasteiger partial charge in [-0.2, -0.15) is 0 Å². The molecule has 0 aliphatic rings. The molecule has 0 radical (unpaired) electrons. The third-order valence-electron chi connectivity index (χ3n) is 8.29. The van der Waals surface area contributed by atoms with Gasteiger partial charge in [-0.1, -0.05) is 42.5 Å². The van der Waals surface area contributed by atoms with Crippen LogP contribution in [0.3, 0.4) is 0 Å². The fourth-order valence-electron chi connectivity index (χ4n) is 5.34. The molecule has 0 unspecified atom stereocenters. The first kappa shape index (κ1) is 44.9. The maximum atomic E-state index is 14.0. The largest absolute Gasteiger partial charge is 0.508 e. The monoisotopic (exact) mass is 773 g/mol. The average Bonchev–Trinajstić information content (AvgIpc) is 3.14. The number of phenolic OH excluding ortho intramolecular Hbond substituents is 1. The van der Waals surface area contributed by atoms with Crippen molar-refractivity contribution in [2.45, 2.75) is 88.0 Å². The Morgan fingerprint density at radius 3 is 1.81 bits per heavy atom. The summed E-state index contributed by atoms with van der Waals surface area (Å²) in [5, 5.41) is 29.4. The summed E-state index contributed by atoms with van der Waals surface area (Å²) in [5.74, 6) is -5.14. The molecule has 5 atom stereocenters. The summed E-state index contributed by atoms with van der Waals surface area (Å²) >= 11 is 5.82. The number of carbonyl (C=O) groups excluding carboxylic acids is 5. The number of carbonyl (C=O) groups is 6. The summed E-state index contributed by atoms with van der Waals surface area (Å²) in [6.07, 6.45) is 0.859. The van der Waals surface area contributed by atoms with Crippen molar-refractivity contribution in [1.29, 1.82) is 0 Å². The molecule has 0 saturated heterocycles. The molecule has 14 N–H and O–H groups in total. The zero-order valence-electron chi connectivity index (χ0n) is 30.0. The maximum Gasteiger partial charge on any atom is 0.303 e. The van der Waals surface area contributed by atoms with Gasteiger partial charge in [-0.15, -0.1) is 11.6 Å². The van der Waals surface area contributed by atoms with Crippen LogP contribution in [0.4, 0.5) is 0 Å².